The molecule has 2 heterocycles. The van der Waals surface area contributed by atoms with Crippen molar-refractivity contribution in [1.29, 1.82) is 0 Å². The van der Waals surface area contributed by atoms with Gasteiger partial charge >= 0.3 is 0 Å². The zero-order chi connectivity index (χ0) is 18.1. The second kappa shape index (κ2) is 6.84. The smallest absolute Gasteiger partial charge is 0.273 e. The summed E-state index contributed by atoms with van der Waals surface area (Å²) in [5.74, 6) is -1.49. The van der Waals surface area contributed by atoms with Crippen molar-refractivity contribution in [2.45, 2.75) is 13.0 Å². The maximum Gasteiger partial charge on any atom is 0.273 e. The highest BCUT2D eigenvalue weighted by molar-refractivity contribution is 7.14. The topological polar surface area (TPSA) is 45.2 Å². The number of benzene rings is 2. The predicted molar refractivity (Wildman–Crippen MR) is 96.6 cm³/mol. The summed E-state index contributed by atoms with van der Waals surface area (Å²) in [6.07, 6.45) is 0.819. The van der Waals surface area contributed by atoms with Crippen LogP contribution in [0.4, 0.5) is 19.6 Å². The van der Waals surface area contributed by atoms with Crippen molar-refractivity contribution in [3.05, 3.63) is 76.3 Å². The summed E-state index contributed by atoms with van der Waals surface area (Å²) in [6, 6.07) is 11.2. The largest absolute Gasteiger partial charge is 0.333 e. The Hall–Kier alpha value is -2.80. The molecule has 1 aliphatic heterocycles. The Morgan fingerprint density at radius 2 is 1.85 bits per heavy atom. The molecule has 0 atom stereocenters. The van der Waals surface area contributed by atoms with Crippen LogP contribution in [0.1, 0.15) is 21.6 Å². The number of carbonyl (C=O) groups excluding carboxylic acids is 1. The molecule has 1 aromatic heterocycles. The van der Waals surface area contributed by atoms with E-state index in [-0.39, 0.29) is 11.6 Å². The van der Waals surface area contributed by atoms with Gasteiger partial charge < -0.3 is 10.2 Å². The standard InChI is InChI=1S/C19H15F2N3OS/c20-14-7-15(21)9-16(8-14)22-19-23-17(11-26-19)18(25)24-6-5-12-3-1-2-4-13(12)10-24/h1-4,7-9,11H,5-6,10H2,(H,22,23). The summed E-state index contributed by atoms with van der Waals surface area (Å²) < 4.78 is 26.5. The van der Waals surface area contributed by atoms with Crippen LogP contribution < -0.4 is 5.32 Å². The molecule has 0 saturated carbocycles. The monoisotopic (exact) mass is 371 g/mol. The number of amides is 1. The number of nitrogens with one attached hydrogen (secondary N) is 1. The summed E-state index contributed by atoms with van der Waals surface area (Å²) in [7, 11) is 0. The first-order valence-corrected chi connectivity index (χ1v) is 9.01. The third-order valence-corrected chi connectivity index (χ3v) is 5.01. The van der Waals surface area contributed by atoms with Gasteiger partial charge in [0.1, 0.15) is 17.3 Å². The van der Waals surface area contributed by atoms with Gasteiger partial charge in [-0.3, -0.25) is 4.79 Å². The third kappa shape index (κ3) is 3.43. The maximum absolute atomic E-state index is 13.3. The Bertz CT molecular complexity index is 953. The molecule has 0 fully saturated rings. The van der Waals surface area contributed by atoms with E-state index in [0.717, 1.165) is 18.1 Å². The van der Waals surface area contributed by atoms with E-state index in [4.69, 9.17) is 0 Å². The van der Waals surface area contributed by atoms with Crippen molar-refractivity contribution >= 4 is 28.1 Å². The first kappa shape index (κ1) is 16.7. The van der Waals surface area contributed by atoms with Crippen LogP contribution >= 0.6 is 11.3 Å². The van der Waals surface area contributed by atoms with Gasteiger partial charge in [-0.15, -0.1) is 11.3 Å². The molecule has 2 aromatic carbocycles. The number of hydrogen-bond acceptors (Lipinski definition) is 4. The lowest BCUT2D eigenvalue weighted by Crippen LogP contribution is -2.36. The Morgan fingerprint density at radius 1 is 1.12 bits per heavy atom. The van der Waals surface area contributed by atoms with E-state index >= 15 is 0 Å². The number of nitrogens with zero attached hydrogens (tertiary/aromatic N) is 2. The lowest BCUT2D eigenvalue weighted by molar-refractivity contribution is 0.0729. The highest BCUT2D eigenvalue weighted by Gasteiger charge is 2.23. The maximum atomic E-state index is 13.3. The Labute approximate surface area is 153 Å². The number of rotatable bonds is 3. The number of anilines is 2. The first-order valence-electron chi connectivity index (χ1n) is 8.13. The van der Waals surface area contributed by atoms with E-state index in [1.807, 2.05) is 18.2 Å². The van der Waals surface area contributed by atoms with Gasteiger partial charge in [-0.05, 0) is 29.7 Å². The van der Waals surface area contributed by atoms with Crippen molar-refractivity contribution in [2.75, 3.05) is 11.9 Å². The van der Waals surface area contributed by atoms with Crippen LogP contribution in [-0.2, 0) is 13.0 Å². The minimum absolute atomic E-state index is 0.144. The van der Waals surface area contributed by atoms with Crippen LogP contribution in [0.25, 0.3) is 0 Å². The minimum atomic E-state index is -0.674. The zero-order valence-electron chi connectivity index (χ0n) is 13.7. The molecular weight excluding hydrogens is 356 g/mol. The Kier molecular flexibility index (Phi) is 4.38. The average molecular weight is 371 g/mol. The van der Waals surface area contributed by atoms with Crippen LogP contribution in [0.15, 0.2) is 47.8 Å². The predicted octanol–water partition coefficient (Wildman–Crippen LogP) is 4.36. The summed E-state index contributed by atoms with van der Waals surface area (Å²) in [6.45, 7) is 1.20. The van der Waals surface area contributed by atoms with E-state index in [1.165, 1.54) is 29.0 Å². The second-order valence-electron chi connectivity index (χ2n) is 6.07. The summed E-state index contributed by atoms with van der Waals surface area (Å²) in [5.41, 5.74) is 3.00. The fraction of sp³-hybridized carbons (Fsp3) is 0.158. The fourth-order valence-corrected chi connectivity index (χ4v) is 3.71. The van der Waals surface area contributed by atoms with Crippen LogP contribution in [0, 0.1) is 11.6 Å². The molecule has 132 valence electrons. The normalized spacial score (nSPS) is 13.4. The number of thiazole rings is 1. The molecule has 0 unspecified atom stereocenters. The molecular formula is C19H15F2N3OS. The number of carbonyl (C=O) groups is 1. The Morgan fingerprint density at radius 3 is 2.62 bits per heavy atom. The van der Waals surface area contributed by atoms with Crippen molar-refractivity contribution in [3.63, 3.8) is 0 Å². The molecule has 0 bridgehead atoms. The molecule has 26 heavy (non-hydrogen) atoms. The number of fused-ring (bicyclic) bond motifs is 1. The van der Waals surface area contributed by atoms with Gasteiger partial charge in [0.05, 0.1) is 0 Å². The number of aromatic nitrogens is 1. The van der Waals surface area contributed by atoms with Crippen molar-refractivity contribution < 1.29 is 13.6 Å². The summed E-state index contributed by atoms with van der Waals surface area (Å²) >= 11 is 1.22. The summed E-state index contributed by atoms with van der Waals surface area (Å²) in [4.78, 5) is 18.7. The van der Waals surface area contributed by atoms with Gasteiger partial charge in [-0.2, -0.15) is 0 Å². The van der Waals surface area contributed by atoms with E-state index in [0.29, 0.717) is 23.9 Å². The van der Waals surface area contributed by atoms with Crippen LogP contribution in [0.5, 0.6) is 0 Å². The van der Waals surface area contributed by atoms with Gasteiger partial charge in [0, 0.05) is 30.2 Å². The molecule has 4 rings (SSSR count). The lowest BCUT2D eigenvalue weighted by atomic mass is 10.00. The molecule has 0 spiro atoms. The molecule has 0 radical (unpaired) electrons. The fourth-order valence-electron chi connectivity index (χ4n) is 3.01. The average Bonchev–Trinajstić information content (AvgIpc) is 3.08. The quantitative estimate of drug-likeness (QED) is 0.744. The van der Waals surface area contributed by atoms with Crippen molar-refractivity contribution in [3.8, 4) is 0 Å². The number of hydrogen-bond donors (Lipinski definition) is 1. The van der Waals surface area contributed by atoms with Gasteiger partial charge in [-0.25, -0.2) is 13.8 Å². The van der Waals surface area contributed by atoms with E-state index in [2.05, 4.69) is 16.4 Å². The van der Waals surface area contributed by atoms with Crippen LogP contribution in [0.3, 0.4) is 0 Å². The molecule has 7 heteroatoms. The Balaban J connectivity index is 1.48. The van der Waals surface area contributed by atoms with E-state index in [9.17, 15) is 13.6 Å². The SMILES string of the molecule is O=C(c1csc(Nc2cc(F)cc(F)c2)n1)N1CCc2ccccc2C1. The van der Waals surface area contributed by atoms with Crippen LogP contribution in [0.2, 0.25) is 0 Å². The lowest BCUT2D eigenvalue weighted by Gasteiger charge is -2.28. The molecule has 4 nitrogen and oxygen atoms in total. The molecule has 3 aromatic rings. The second-order valence-corrected chi connectivity index (χ2v) is 6.92. The summed E-state index contributed by atoms with van der Waals surface area (Å²) in [5, 5.41) is 4.90. The molecule has 0 aliphatic carbocycles. The molecule has 1 aliphatic rings. The first-order chi connectivity index (χ1) is 12.6. The highest BCUT2D eigenvalue weighted by atomic mass is 32.1. The van der Waals surface area contributed by atoms with Crippen LogP contribution in [-0.4, -0.2) is 22.3 Å². The van der Waals surface area contributed by atoms with Crippen molar-refractivity contribution in [1.82, 2.24) is 9.88 Å². The highest BCUT2D eigenvalue weighted by Crippen LogP contribution is 2.25. The third-order valence-electron chi connectivity index (χ3n) is 4.25. The molecule has 0 saturated heterocycles. The molecule has 1 N–H and O–H groups in total. The van der Waals surface area contributed by atoms with Gasteiger partial charge in [0.2, 0.25) is 0 Å². The van der Waals surface area contributed by atoms with Gasteiger partial charge in [0.25, 0.3) is 5.91 Å². The van der Waals surface area contributed by atoms with Gasteiger partial charge in [0.15, 0.2) is 5.13 Å². The van der Waals surface area contributed by atoms with Crippen molar-refractivity contribution in [2.24, 2.45) is 0 Å². The number of halogens is 2. The van der Waals surface area contributed by atoms with E-state index < -0.39 is 11.6 Å². The minimum Gasteiger partial charge on any atom is -0.333 e. The van der Waals surface area contributed by atoms with E-state index in [1.54, 1.807) is 10.3 Å². The van der Waals surface area contributed by atoms with Gasteiger partial charge in [-0.1, -0.05) is 24.3 Å². The zero-order valence-corrected chi connectivity index (χ0v) is 14.5. The molecule has 1 amide bonds.